The smallest absolute Gasteiger partial charge is 0.191 e. The van der Waals surface area contributed by atoms with E-state index >= 15 is 0 Å². The molecule has 172 valence electrons. The SMILES string of the molecule is CCNC(=NCc1ccc(CS(C)(=O)=O)cc1)NCCC(C)c1ccc(OC)cc1.I. The molecule has 0 spiro atoms. The van der Waals surface area contributed by atoms with Crippen LogP contribution >= 0.6 is 24.0 Å². The van der Waals surface area contributed by atoms with Crippen LogP contribution in [0.2, 0.25) is 0 Å². The molecule has 1 atom stereocenters. The Morgan fingerprint density at radius 2 is 1.65 bits per heavy atom. The minimum atomic E-state index is -3.02. The molecule has 31 heavy (non-hydrogen) atoms. The molecule has 0 heterocycles. The van der Waals surface area contributed by atoms with Crippen LogP contribution < -0.4 is 15.4 Å². The van der Waals surface area contributed by atoms with Crippen LogP contribution in [0, 0.1) is 0 Å². The number of ether oxygens (including phenoxy) is 1. The van der Waals surface area contributed by atoms with Crippen molar-refractivity contribution in [3.05, 3.63) is 65.2 Å². The number of halogens is 1. The Morgan fingerprint density at radius 3 is 2.19 bits per heavy atom. The molecule has 2 aromatic rings. The monoisotopic (exact) mass is 559 g/mol. The molecule has 0 amide bonds. The van der Waals surface area contributed by atoms with E-state index in [1.54, 1.807) is 7.11 Å². The third-order valence-corrected chi connectivity index (χ3v) is 5.63. The molecular formula is C23H34IN3O3S. The zero-order valence-electron chi connectivity index (χ0n) is 18.7. The second-order valence-electron chi connectivity index (χ2n) is 7.47. The van der Waals surface area contributed by atoms with E-state index < -0.39 is 9.84 Å². The van der Waals surface area contributed by atoms with Crippen LogP contribution in [-0.4, -0.2) is 40.8 Å². The number of hydrogen-bond donors (Lipinski definition) is 2. The van der Waals surface area contributed by atoms with Gasteiger partial charge in [-0.05, 0) is 48.1 Å². The van der Waals surface area contributed by atoms with E-state index in [1.165, 1.54) is 11.8 Å². The Labute approximate surface area is 203 Å². The maximum Gasteiger partial charge on any atom is 0.191 e. The maximum absolute atomic E-state index is 11.4. The number of hydrogen-bond acceptors (Lipinski definition) is 4. The third-order valence-electron chi connectivity index (χ3n) is 4.77. The van der Waals surface area contributed by atoms with E-state index in [4.69, 9.17) is 4.74 Å². The largest absolute Gasteiger partial charge is 0.497 e. The molecule has 0 aromatic heterocycles. The van der Waals surface area contributed by atoms with Crippen LogP contribution in [0.3, 0.4) is 0 Å². The summed E-state index contributed by atoms with van der Waals surface area (Å²) >= 11 is 0. The van der Waals surface area contributed by atoms with E-state index in [2.05, 4.69) is 34.7 Å². The average molecular weight is 560 g/mol. The van der Waals surface area contributed by atoms with Crippen molar-refractivity contribution in [2.24, 2.45) is 4.99 Å². The normalized spacial score (nSPS) is 12.6. The van der Waals surface area contributed by atoms with Crippen molar-refractivity contribution < 1.29 is 13.2 Å². The summed E-state index contributed by atoms with van der Waals surface area (Å²) < 4.78 is 28.0. The minimum absolute atomic E-state index is 0. The molecule has 6 nitrogen and oxygen atoms in total. The highest BCUT2D eigenvalue weighted by Crippen LogP contribution is 2.21. The Balaban J connectivity index is 0.00000480. The molecule has 8 heteroatoms. The van der Waals surface area contributed by atoms with Gasteiger partial charge < -0.3 is 15.4 Å². The molecular weight excluding hydrogens is 525 g/mol. The van der Waals surface area contributed by atoms with Crippen LogP contribution in [0.15, 0.2) is 53.5 Å². The molecule has 0 aliphatic carbocycles. The highest BCUT2D eigenvalue weighted by molar-refractivity contribution is 14.0. The second-order valence-corrected chi connectivity index (χ2v) is 9.61. The first kappa shape index (κ1) is 27.2. The standard InChI is InChI=1S/C23H33N3O3S.HI/c1-5-24-23(25-15-14-18(2)21-10-12-22(29-3)13-11-21)26-16-19-6-8-20(9-7-19)17-30(4,27)28;/h6-13,18H,5,14-17H2,1-4H3,(H2,24,25,26);1H. The highest BCUT2D eigenvalue weighted by atomic mass is 127. The first-order chi connectivity index (χ1) is 14.3. The van der Waals surface area contributed by atoms with Gasteiger partial charge in [-0.3, -0.25) is 0 Å². The van der Waals surface area contributed by atoms with Gasteiger partial charge in [0.2, 0.25) is 0 Å². The van der Waals surface area contributed by atoms with Crippen molar-refractivity contribution in [3.63, 3.8) is 0 Å². The number of nitrogens with zero attached hydrogens (tertiary/aromatic N) is 1. The van der Waals surface area contributed by atoms with Crippen molar-refractivity contribution in [2.75, 3.05) is 26.5 Å². The molecule has 0 saturated carbocycles. The third kappa shape index (κ3) is 10.4. The van der Waals surface area contributed by atoms with Crippen LogP contribution in [0.5, 0.6) is 5.75 Å². The molecule has 1 unspecified atom stereocenters. The number of sulfone groups is 1. The summed E-state index contributed by atoms with van der Waals surface area (Å²) in [6, 6.07) is 15.8. The fourth-order valence-corrected chi connectivity index (χ4v) is 3.86. The Morgan fingerprint density at radius 1 is 1.03 bits per heavy atom. The fourth-order valence-electron chi connectivity index (χ4n) is 3.06. The van der Waals surface area contributed by atoms with Crippen LogP contribution in [-0.2, 0) is 22.1 Å². The summed E-state index contributed by atoms with van der Waals surface area (Å²) in [5.74, 6) is 2.14. The number of rotatable bonds is 10. The Bertz CT molecular complexity index is 914. The summed E-state index contributed by atoms with van der Waals surface area (Å²) in [5, 5.41) is 6.66. The fraction of sp³-hybridized carbons (Fsp3) is 0.435. The lowest BCUT2D eigenvalue weighted by Gasteiger charge is -2.15. The van der Waals surface area contributed by atoms with E-state index in [1.807, 2.05) is 43.3 Å². The van der Waals surface area contributed by atoms with Gasteiger partial charge in [0.25, 0.3) is 0 Å². The molecule has 0 radical (unpaired) electrons. The number of methoxy groups -OCH3 is 1. The summed E-state index contributed by atoms with van der Waals surface area (Å²) in [6.07, 6.45) is 2.23. The van der Waals surface area contributed by atoms with E-state index in [0.29, 0.717) is 12.5 Å². The van der Waals surface area contributed by atoms with Gasteiger partial charge >= 0.3 is 0 Å². The van der Waals surface area contributed by atoms with Crippen molar-refractivity contribution in [1.82, 2.24) is 10.6 Å². The molecule has 0 aliphatic rings. The predicted molar refractivity (Wildman–Crippen MR) is 139 cm³/mol. The average Bonchev–Trinajstić information content (AvgIpc) is 2.72. The highest BCUT2D eigenvalue weighted by Gasteiger charge is 2.07. The summed E-state index contributed by atoms with van der Waals surface area (Å²) in [4.78, 5) is 4.64. The van der Waals surface area contributed by atoms with Gasteiger partial charge in [0.1, 0.15) is 5.75 Å². The van der Waals surface area contributed by atoms with Gasteiger partial charge in [0.15, 0.2) is 15.8 Å². The van der Waals surface area contributed by atoms with Crippen molar-refractivity contribution in [1.29, 1.82) is 0 Å². The van der Waals surface area contributed by atoms with Gasteiger partial charge in [0, 0.05) is 19.3 Å². The molecule has 0 saturated heterocycles. The van der Waals surface area contributed by atoms with Crippen LogP contribution in [0.4, 0.5) is 0 Å². The van der Waals surface area contributed by atoms with E-state index in [-0.39, 0.29) is 29.7 Å². The van der Waals surface area contributed by atoms with Crippen molar-refractivity contribution in [2.45, 2.75) is 38.5 Å². The van der Waals surface area contributed by atoms with Crippen LogP contribution in [0.1, 0.15) is 42.9 Å². The summed E-state index contributed by atoms with van der Waals surface area (Å²) in [5.41, 5.74) is 3.12. The molecule has 0 aliphatic heterocycles. The second kappa shape index (κ2) is 13.6. The number of nitrogens with one attached hydrogen (secondary N) is 2. The van der Waals surface area contributed by atoms with Gasteiger partial charge in [-0.25, -0.2) is 13.4 Å². The lowest BCUT2D eigenvalue weighted by molar-refractivity contribution is 0.414. The zero-order valence-corrected chi connectivity index (χ0v) is 21.9. The molecule has 2 aromatic carbocycles. The molecule has 0 fully saturated rings. The number of benzene rings is 2. The minimum Gasteiger partial charge on any atom is -0.497 e. The number of aliphatic imine (C=N–C) groups is 1. The lowest BCUT2D eigenvalue weighted by Crippen LogP contribution is -2.38. The Hall–Kier alpha value is -1.81. The van der Waals surface area contributed by atoms with Crippen molar-refractivity contribution >= 4 is 39.8 Å². The Kier molecular flexibility index (Phi) is 11.9. The quantitative estimate of drug-likeness (QED) is 0.260. The van der Waals surface area contributed by atoms with Gasteiger partial charge in [0.05, 0.1) is 19.4 Å². The first-order valence-corrected chi connectivity index (χ1v) is 12.3. The summed E-state index contributed by atoms with van der Waals surface area (Å²) in [6.45, 7) is 6.38. The van der Waals surface area contributed by atoms with Gasteiger partial charge in [-0.2, -0.15) is 0 Å². The van der Waals surface area contributed by atoms with Crippen LogP contribution in [0.25, 0.3) is 0 Å². The summed E-state index contributed by atoms with van der Waals surface area (Å²) in [7, 11) is -1.34. The van der Waals surface area contributed by atoms with Gasteiger partial charge in [-0.15, -0.1) is 24.0 Å². The molecule has 2 N–H and O–H groups in total. The predicted octanol–water partition coefficient (Wildman–Crippen LogP) is 4.11. The topological polar surface area (TPSA) is 79.8 Å². The maximum atomic E-state index is 11.4. The number of guanidine groups is 1. The van der Waals surface area contributed by atoms with Gasteiger partial charge in [-0.1, -0.05) is 43.3 Å². The molecule has 2 rings (SSSR count). The van der Waals surface area contributed by atoms with Crippen molar-refractivity contribution in [3.8, 4) is 5.75 Å². The first-order valence-electron chi connectivity index (χ1n) is 10.2. The van der Waals surface area contributed by atoms with E-state index in [0.717, 1.165) is 42.3 Å². The molecule has 0 bridgehead atoms. The van der Waals surface area contributed by atoms with E-state index in [9.17, 15) is 8.42 Å². The lowest BCUT2D eigenvalue weighted by atomic mass is 9.98. The zero-order chi connectivity index (χ0) is 22.0.